The van der Waals surface area contributed by atoms with Crippen molar-refractivity contribution >= 4 is 23.2 Å². The number of hydrogen-bond acceptors (Lipinski definition) is 8. The zero-order valence-corrected chi connectivity index (χ0v) is 17.6. The standard InChI is InChI=1S/C19H22N6O8/c1-2-3-13(21-17(27)12-23-10-15(25(32)33)5-7-19(23)29)8-20-16(26)11-22-9-14(24(30)31)4-6-18(22)28/h4-7,9-10,13H,2-3,8,11-12H2,1H3,(H,20,26)(H,21,27). The molecule has 0 spiro atoms. The van der Waals surface area contributed by atoms with Gasteiger partial charge in [0, 0.05) is 36.9 Å². The van der Waals surface area contributed by atoms with Crippen molar-refractivity contribution < 1.29 is 19.4 Å². The highest BCUT2D eigenvalue weighted by atomic mass is 16.6. The lowest BCUT2D eigenvalue weighted by Gasteiger charge is -2.19. The Morgan fingerprint density at radius 3 is 1.85 bits per heavy atom. The third kappa shape index (κ3) is 7.37. The van der Waals surface area contributed by atoms with Gasteiger partial charge in [-0.15, -0.1) is 0 Å². The van der Waals surface area contributed by atoms with Crippen LogP contribution in [0.5, 0.6) is 0 Å². The lowest BCUT2D eigenvalue weighted by molar-refractivity contribution is -0.385. The number of carbonyl (C=O) groups is 2. The first-order valence-corrected chi connectivity index (χ1v) is 9.86. The number of nitro groups is 2. The highest BCUT2D eigenvalue weighted by molar-refractivity contribution is 5.77. The Morgan fingerprint density at radius 2 is 1.39 bits per heavy atom. The molecule has 33 heavy (non-hydrogen) atoms. The fourth-order valence-electron chi connectivity index (χ4n) is 2.95. The van der Waals surface area contributed by atoms with Crippen molar-refractivity contribution in [2.45, 2.75) is 38.9 Å². The van der Waals surface area contributed by atoms with Crippen LogP contribution in [0.1, 0.15) is 19.8 Å². The Labute approximate surface area is 186 Å². The van der Waals surface area contributed by atoms with E-state index >= 15 is 0 Å². The molecule has 14 heteroatoms. The summed E-state index contributed by atoms with van der Waals surface area (Å²) in [5.41, 5.74) is -1.85. The molecule has 0 saturated heterocycles. The second-order valence-electron chi connectivity index (χ2n) is 7.08. The van der Waals surface area contributed by atoms with Gasteiger partial charge in [-0.25, -0.2) is 0 Å². The third-order valence-electron chi connectivity index (χ3n) is 4.53. The molecular weight excluding hydrogens is 440 g/mol. The van der Waals surface area contributed by atoms with E-state index in [-0.39, 0.29) is 17.9 Å². The molecule has 0 aliphatic carbocycles. The van der Waals surface area contributed by atoms with Crippen LogP contribution in [-0.2, 0) is 22.7 Å². The maximum atomic E-state index is 12.4. The number of hydrogen-bond donors (Lipinski definition) is 2. The minimum atomic E-state index is -0.687. The molecule has 2 aromatic rings. The monoisotopic (exact) mass is 462 g/mol. The van der Waals surface area contributed by atoms with Gasteiger partial charge in [-0.05, 0) is 6.42 Å². The molecule has 2 amide bonds. The molecule has 0 aliphatic heterocycles. The topological polar surface area (TPSA) is 188 Å². The summed E-state index contributed by atoms with van der Waals surface area (Å²) in [6, 6.07) is 3.55. The van der Waals surface area contributed by atoms with Crippen molar-refractivity contribution in [3.63, 3.8) is 0 Å². The maximum Gasteiger partial charge on any atom is 0.285 e. The van der Waals surface area contributed by atoms with Gasteiger partial charge in [0.05, 0.1) is 22.2 Å². The second-order valence-corrected chi connectivity index (χ2v) is 7.08. The van der Waals surface area contributed by atoms with E-state index in [4.69, 9.17) is 0 Å². The molecule has 0 radical (unpaired) electrons. The van der Waals surface area contributed by atoms with E-state index < -0.39 is 51.9 Å². The van der Waals surface area contributed by atoms with Crippen LogP contribution >= 0.6 is 0 Å². The van der Waals surface area contributed by atoms with Gasteiger partial charge in [-0.2, -0.15) is 0 Å². The predicted octanol–water partition coefficient (Wildman–Crippen LogP) is -0.0723. The molecule has 2 rings (SSSR count). The van der Waals surface area contributed by atoms with Crippen LogP contribution in [0.25, 0.3) is 0 Å². The third-order valence-corrected chi connectivity index (χ3v) is 4.53. The van der Waals surface area contributed by atoms with E-state index in [1.807, 2.05) is 6.92 Å². The normalized spacial score (nSPS) is 11.4. The van der Waals surface area contributed by atoms with Crippen LogP contribution in [0.3, 0.4) is 0 Å². The molecule has 1 atom stereocenters. The van der Waals surface area contributed by atoms with Crippen molar-refractivity contribution in [1.82, 2.24) is 19.8 Å². The van der Waals surface area contributed by atoms with Crippen LogP contribution in [0.15, 0.2) is 46.2 Å². The molecule has 0 aromatic carbocycles. The average molecular weight is 462 g/mol. The number of carbonyl (C=O) groups excluding carboxylic acids is 2. The van der Waals surface area contributed by atoms with E-state index in [1.54, 1.807) is 0 Å². The zero-order valence-electron chi connectivity index (χ0n) is 17.6. The molecular formula is C19H22N6O8. The summed E-state index contributed by atoms with van der Waals surface area (Å²) in [5.74, 6) is -1.18. The summed E-state index contributed by atoms with van der Waals surface area (Å²) >= 11 is 0. The molecule has 2 aromatic heterocycles. The molecule has 2 N–H and O–H groups in total. The largest absolute Gasteiger partial charge is 0.352 e. The van der Waals surface area contributed by atoms with Crippen LogP contribution in [0, 0.1) is 20.2 Å². The number of nitrogens with one attached hydrogen (secondary N) is 2. The van der Waals surface area contributed by atoms with Crippen LogP contribution < -0.4 is 21.8 Å². The van der Waals surface area contributed by atoms with Gasteiger partial charge >= 0.3 is 0 Å². The molecule has 176 valence electrons. The number of amides is 2. The fraction of sp³-hybridized carbons (Fsp3) is 0.368. The highest BCUT2D eigenvalue weighted by Crippen LogP contribution is 2.07. The summed E-state index contributed by atoms with van der Waals surface area (Å²) in [7, 11) is 0. The maximum absolute atomic E-state index is 12.4. The summed E-state index contributed by atoms with van der Waals surface area (Å²) in [4.78, 5) is 68.6. The summed E-state index contributed by atoms with van der Waals surface area (Å²) in [6.07, 6.45) is 3.06. The van der Waals surface area contributed by atoms with Crippen molar-refractivity contribution in [3.05, 3.63) is 77.6 Å². The highest BCUT2D eigenvalue weighted by Gasteiger charge is 2.16. The summed E-state index contributed by atoms with van der Waals surface area (Å²) in [5, 5.41) is 26.9. The number of rotatable bonds is 11. The van der Waals surface area contributed by atoms with Gasteiger partial charge in [0.25, 0.3) is 22.5 Å². The summed E-state index contributed by atoms with van der Waals surface area (Å²) in [6.45, 7) is 0.967. The van der Waals surface area contributed by atoms with E-state index in [0.29, 0.717) is 12.8 Å². The van der Waals surface area contributed by atoms with E-state index in [9.17, 15) is 39.4 Å². The summed E-state index contributed by atoms with van der Waals surface area (Å²) < 4.78 is 1.80. The SMILES string of the molecule is CCCC(CNC(=O)Cn1cc([N+](=O)[O-])ccc1=O)NC(=O)Cn1cc([N+](=O)[O-])ccc1=O. The Hall–Kier alpha value is -4.36. The van der Waals surface area contributed by atoms with E-state index in [1.165, 1.54) is 0 Å². The number of nitrogens with zero attached hydrogens (tertiary/aromatic N) is 4. The Balaban J connectivity index is 1.98. The van der Waals surface area contributed by atoms with E-state index in [2.05, 4.69) is 10.6 Å². The molecule has 0 bridgehead atoms. The van der Waals surface area contributed by atoms with Crippen LogP contribution in [0.4, 0.5) is 11.4 Å². The Morgan fingerprint density at radius 1 is 0.909 bits per heavy atom. The van der Waals surface area contributed by atoms with Crippen molar-refractivity contribution in [2.75, 3.05) is 6.54 Å². The molecule has 1 unspecified atom stereocenters. The minimum absolute atomic E-state index is 0.00588. The predicted molar refractivity (Wildman–Crippen MR) is 115 cm³/mol. The average Bonchev–Trinajstić information content (AvgIpc) is 2.75. The van der Waals surface area contributed by atoms with Crippen molar-refractivity contribution in [1.29, 1.82) is 0 Å². The van der Waals surface area contributed by atoms with Crippen molar-refractivity contribution in [2.24, 2.45) is 0 Å². The zero-order chi connectivity index (χ0) is 24.5. The quantitative estimate of drug-likeness (QED) is 0.342. The van der Waals surface area contributed by atoms with Crippen LogP contribution in [0.2, 0.25) is 0 Å². The minimum Gasteiger partial charge on any atom is -0.352 e. The van der Waals surface area contributed by atoms with Gasteiger partial charge in [0.15, 0.2) is 0 Å². The number of aromatic nitrogens is 2. The Kier molecular flexibility index (Phi) is 8.54. The molecule has 0 aliphatic rings. The first kappa shape index (κ1) is 24.9. The van der Waals surface area contributed by atoms with Gasteiger partial charge < -0.3 is 10.6 Å². The lowest BCUT2D eigenvalue weighted by Crippen LogP contribution is -2.46. The first-order valence-electron chi connectivity index (χ1n) is 9.86. The number of pyridine rings is 2. The molecule has 0 saturated carbocycles. The van der Waals surface area contributed by atoms with Gasteiger partial charge in [-0.3, -0.25) is 48.5 Å². The molecule has 2 heterocycles. The fourth-order valence-corrected chi connectivity index (χ4v) is 2.95. The van der Waals surface area contributed by atoms with Crippen LogP contribution in [-0.4, -0.2) is 43.4 Å². The second kappa shape index (κ2) is 11.3. The van der Waals surface area contributed by atoms with Gasteiger partial charge in [-0.1, -0.05) is 13.3 Å². The smallest absolute Gasteiger partial charge is 0.285 e. The van der Waals surface area contributed by atoms with Crippen molar-refractivity contribution in [3.8, 4) is 0 Å². The van der Waals surface area contributed by atoms with Gasteiger partial charge in [0.2, 0.25) is 11.8 Å². The molecule has 0 fully saturated rings. The lowest BCUT2D eigenvalue weighted by atomic mass is 10.1. The first-order chi connectivity index (χ1) is 15.6. The Bertz CT molecular complexity index is 1170. The molecule has 14 nitrogen and oxygen atoms in total. The van der Waals surface area contributed by atoms with Gasteiger partial charge in [0.1, 0.15) is 13.1 Å². The van der Waals surface area contributed by atoms with E-state index in [0.717, 1.165) is 45.8 Å².